The number of rotatable bonds is 4. The number of carbonyl (C=O) groups is 1. The Kier molecular flexibility index (Phi) is 3.55. The molecule has 0 radical (unpaired) electrons. The molecule has 0 unspecified atom stereocenters. The minimum Gasteiger partial charge on any atom is -0.356 e. The summed E-state index contributed by atoms with van der Waals surface area (Å²) >= 11 is 0. The number of benzene rings is 1. The molecule has 0 atom stereocenters. The van der Waals surface area contributed by atoms with Gasteiger partial charge in [-0.1, -0.05) is 43.3 Å². The molecule has 2 rings (SSSR count). The summed E-state index contributed by atoms with van der Waals surface area (Å²) in [6.45, 7) is 2.06. The van der Waals surface area contributed by atoms with E-state index in [4.69, 9.17) is 0 Å². The fraction of sp³-hybridized carbons (Fsp3) is 0.133. The first-order valence-corrected chi connectivity index (χ1v) is 5.75. The van der Waals surface area contributed by atoms with Gasteiger partial charge in [0.05, 0.1) is 5.69 Å². The molecule has 0 aliphatic rings. The summed E-state index contributed by atoms with van der Waals surface area (Å²) in [4.78, 5) is 14.9. The van der Waals surface area contributed by atoms with Crippen LogP contribution in [0.3, 0.4) is 0 Å². The number of aromatic nitrogens is 1. The van der Waals surface area contributed by atoms with E-state index in [-0.39, 0.29) is 5.78 Å². The molecule has 17 heavy (non-hydrogen) atoms. The molecule has 2 heteroatoms. The predicted molar refractivity (Wildman–Crippen MR) is 70.0 cm³/mol. The van der Waals surface area contributed by atoms with E-state index in [1.54, 1.807) is 6.08 Å². The molecule has 86 valence electrons. The number of allylic oxidation sites excluding steroid dienone is 1. The zero-order valence-corrected chi connectivity index (χ0v) is 9.81. The summed E-state index contributed by atoms with van der Waals surface area (Å²) < 4.78 is 0. The van der Waals surface area contributed by atoms with Crippen LogP contribution in [0, 0.1) is 0 Å². The number of nitrogens with one attached hydrogen (secondary N) is 1. The number of H-pyrrole nitrogens is 1. The van der Waals surface area contributed by atoms with Crippen molar-refractivity contribution in [1.29, 1.82) is 0 Å². The van der Waals surface area contributed by atoms with Gasteiger partial charge in [0.15, 0.2) is 0 Å². The average Bonchev–Trinajstić information content (AvgIpc) is 2.86. The molecule has 0 fully saturated rings. The highest BCUT2D eigenvalue weighted by Gasteiger charge is 2.03. The zero-order valence-electron chi connectivity index (χ0n) is 9.81. The lowest BCUT2D eigenvalue weighted by Gasteiger charge is -1.92. The lowest BCUT2D eigenvalue weighted by atomic mass is 10.2. The van der Waals surface area contributed by atoms with Crippen LogP contribution in [0.5, 0.6) is 0 Å². The largest absolute Gasteiger partial charge is 0.356 e. The highest BCUT2D eigenvalue weighted by Crippen LogP contribution is 2.06. The minimum absolute atomic E-state index is 0.00792. The monoisotopic (exact) mass is 225 g/mol. The third kappa shape index (κ3) is 2.94. The molecule has 1 N–H and O–H groups in total. The van der Waals surface area contributed by atoms with Gasteiger partial charge in [-0.15, -0.1) is 0 Å². The van der Waals surface area contributed by atoms with Gasteiger partial charge in [0.2, 0.25) is 5.78 Å². The Morgan fingerprint density at radius 3 is 2.59 bits per heavy atom. The summed E-state index contributed by atoms with van der Waals surface area (Å²) in [5, 5.41) is 0. The number of hydrogen-bond acceptors (Lipinski definition) is 1. The van der Waals surface area contributed by atoms with Crippen molar-refractivity contribution in [3.8, 4) is 0 Å². The van der Waals surface area contributed by atoms with Gasteiger partial charge in [-0.25, -0.2) is 0 Å². The van der Waals surface area contributed by atoms with E-state index in [0.29, 0.717) is 5.69 Å². The van der Waals surface area contributed by atoms with Crippen LogP contribution in [0.2, 0.25) is 0 Å². The molecule has 0 bridgehead atoms. The Bertz CT molecular complexity index is 523. The fourth-order valence-electron chi connectivity index (χ4n) is 1.62. The van der Waals surface area contributed by atoms with Crippen LogP contribution in [-0.2, 0) is 6.42 Å². The third-order valence-electron chi connectivity index (χ3n) is 2.62. The fourth-order valence-corrected chi connectivity index (χ4v) is 1.62. The molecule has 1 aromatic carbocycles. The number of ketones is 1. The van der Waals surface area contributed by atoms with Crippen LogP contribution in [0.15, 0.2) is 48.5 Å². The van der Waals surface area contributed by atoms with Crippen LogP contribution in [0.1, 0.15) is 28.7 Å². The normalized spacial score (nSPS) is 10.9. The first-order chi connectivity index (χ1) is 8.29. The quantitative estimate of drug-likeness (QED) is 0.627. The molecule has 0 aliphatic carbocycles. The van der Waals surface area contributed by atoms with E-state index in [2.05, 4.69) is 11.9 Å². The van der Waals surface area contributed by atoms with Crippen molar-refractivity contribution in [2.24, 2.45) is 0 Å². The van der Waals surface area contributed by atoms with Crippen molar-refractivity contribution >= 4 is 11.9 Å². The van der Waals surface area contributed by atoms with Gasteiger partial charge in [0.1, 0.15) is 0 Å². The van der Waals surface area contributed by atoms with Crippen molar-refractivity contribution < 1.29 is 4.79 Å². The van der Waals surface area contributed by atoms with Gasteiger partial charge in [-0.05, 0) is 30.2 Å². The Morgan fingerprint density at radius 1 is 1.18 bits per heavy atom. The maximum atomic E-state index is 11.8. The Morgan fingerprint density at radius 2 is 1.94 bits per heavy atom. The lowest BCUT2D eigenvalue weighted by molar-refractivity contribution is 0.104. The number of carbonyl (C=O) groups excluding carboxylic acids is 1. The average molecular weight is 225 g/mol. The van der Waals surface area contributed by atoms with E-state index in [0.717, 1.165) is 17.7 Å². The second-order valence-electron chi connectivity index (χ2n) is 3.86. The van der Waals surface area contributed by atoms with Gasteiger partial charge >= 0.3 is 0 Å². The smallest absolute Gasteiger partial charge is 0.202 e. The predicted octanol–water partition coefficient (Wildman–Crippen LogP) is 3.47. The van der Waals surface area contributed by atoms with E-state index >= 15 is 0 Å². The van der Waals surface area contributed by atoms with Crippen molar-refractivity contribution in [3.63, 3.8) is 0 Å². The lowest BCUT2D eigenvalue weighted by Crippen LogP contribution is -1.94. The van der Waals surface area contributed by atoms with E-state index in [1.807, 2.05) is 48.5 Å². The van der Waals surface area contributed by atoms with E-state index in [1.165, 1.54) is 0 Å². The molecule has 0 spiro atoms. The third-order valence-corrected chi connectivity index (χ3v) is 2.62. The van der Waals surface area contributed by atoms with Crippen LogP contribution < -0.4 is 0 Å². The molecule has 0 amide bonds. The van der Waals surface area contributed by atoms with Gasteiger partial charge in [-0.2, -0.15) is 0 Å². The first kappa shape index (κ1) is 11.4. The summed E-state index contributed by atoms with van der Waals surface area (Å²) in [5.74, 6) is 0.00792. The minimum atomic E-state index is 0.00792. The molecule has 1 aromatic heterocycles. The molecule has 0 saturated carbocycles. The van der Waals surface area contributed by atoms with Crippen LogP contribution in [-0.4, -0.2) is 10.8 Å². The molecular weight excluding hydrogens is 210 g/mol. The SMILES string of the molecule is CCc1ccc(C(=O)C=Cc2ccccc2)[nH]1. The Hall–Kier alpha value is -2.09. The second-order valence-corrected chi connectivity index (χ2v) is 3.86. The van der Waals surface area contributed by atoms with Gasteiger partial charge in [-0.3, -0.25) is 4.79 Å². The summed E-state index contributed by atoms with van der Waals surface area (Å²) in [5.41, 5.74) is 2.76. The summed E-state index contributed by atoms with van der Waals surface area (Å²) in [6, 6.07) is 13.6. The number of aryl methyl sites for hydroxylation is 1. The molecule has 2 aromatic rings. The summed E-state index contributed by atoms with van der Waals surface area (Å²) in [6.07, 6.45) is 4.34. The Balaban J connectivity index is 2.09. The van der Waals surface area contributed by atoms with Crippen molar-refractivity contribution in [3.05, 3.63) is 65.5 Å². The number of aromatic amines is 1. The van der Waals surface area contributed by atoms with Gasteiger partial charge in [0, 0.05) is 5.69 Å². The van der Waals surface area contributed by atoms with Crippen molar-refractivity contribution in [2.45, 2.75) is 13.3 Å². The maximum Gasteiger partial charge on any atom is 0.202 e. The van der Waals surface area contributed by atoms with E-state index in [9.17, 15) is 4.79 Å². The Labute approximate surface area is 101 Å². The van der Waals surface area contributed by atoms with Crippen LogP contribution >= 0.6 is 0 Å². The standard InChI is InChI=1S/C15H15NO/c1-2-13-9-10-14(16-13)15(17)11-8-12-6-4-3-5-7-12/h3-11,16H,2H2,1H3. The van der Waals surface area contributed by atoms with Gasteiger partial charge in [0.25, 0.3) is 0 Å². The highest BCUT2D eigenvalue weighted by atomic mass is 16.1. The number of hydrogen-bond donors (Lipinski definition) is 1. The molecule has 2 nitrogen and oxygen atoms in total. The maximum absolute atomic E-state index is 11.8. The first-order valence-electron chi connectivity index (χ1n) is 5.75. The van der Waals surface area contributed by atoms with Crippen molar-refractivity contribution in [1.82, 2.24) is 4.98 Å². The molecule has 1 heterocycles. The van der Waals surface area contributed by atoms with Gasteiger partial charge < -0.3 is 4.98 Å². The topological polar surface area (TPSA) is 32.9 Å². The highest BCUT2D eigenvalue weighted by molar-refractivity contribution is 6.05. The zero-order chi connectivity index (χ0) is 12.1. The molecule has 0 saturated heterocycles. The molecule has 0 aliphatic heterocycles. The second kappa shape index (κ2) is 5.30. The van der Waals surface area contributed by atoms with Crippen molar-refractivity contribution in [2.75, 3.05) is 0 Å². The molecular formula is C15H15NO. The van der Waals surface area contributed by atoms with Crippen LogP contribution in [0.4, 0.5) is 0 Å². The summed E-state index contributed by atoms with van der Waals surface area (Å²) in [7, 11) is 0. The van der Waals surface area contributed by atoms with Crippen LogP contribution in [0.25, 0.3) is 6.08 Å². The van der Waals surface area contributed by atoms with E-state index < -0.39 is 0 Å².